The molecule has 158 valence electrons. The summed E-state index contributed by atoms with van der Waals surface area (Å²) in [6.07, 6.45) is 1.60. The first-order valence-corrected chi connectivity index (χ1v) is 11.3. The minimum absolute atomic E-state index is 0.0778. The molecule has 0 radical (unpaired) electrons. The van der Waals surface area contributed by atoms with Crippen molar-refractivity contribution >= 4 is 27.5 Å². The van der Waals surface area contributed by atoms with Gasteiger partial charge in [-0.15, -0.1) is 0 Å². The number of fused-ring (bicyclic) bond motifs is 1. The molecule has 3 aromatic carbocycles. The number of carbonyl (C=O) groups excluding carboxylic acids is 2. The van der Waals surface area contributed by atoms with Gasteiger partial charge in [0.15, 0.2) is 5.78 Å². The third-order valence-corrected chi connectivity index (χ3v) is 7.04. The number of sulfonamides is 1. The van der Waals surface area contributed by atoms with E-state index < -0.39 is 16.0 Å². The molecule has 1 aliphatic rings. The second-order valence-electron chi connectivity index (χ2n) is 7.30. The Hall–Kier alpha value is -3.45. The lowest BCUT2D eigenvalue weighted by Crippen LogP contribution is -2.35. The number of benzene rings is 3. The first-order chi connectivity index (χ1) is 14.9. The van der Waals surface area contributed by atoms with Crippen LogP contribution in [0, 0.1) is 0 Å². The molecule has 0 fully saturated rings. The van der Waals surface area contributed by atoms with Crippen LogP contribution in [0.4, 0.5) is 5.69 Å². The molecule has 1 aliphatic heterocycles. The Morgan fingerprint density at radius 3 is 2.19 bits per heavy atom. The Balaban J connectivity index is 1.52. The number of carbonyl (C=O) groups is 2. The van der Waals surface area contributed by atoms with Crippen molar-refractivity contribution in [2.24, 2.45) is 0 Å². The van der Waals surface area contributed by atoms with E-state index in [1.54, 1.807) is 24.3 Å². The number of para-hydroxylation sites is 1. The highest BCUT2D eigenvalue weighted by Crippen LogP contribution is 2.31. The molecule has 0 unspecified atom stereocenters. The number of ketones is 1. The number of esters is 1. The standard InChI is InChI=1S/C24H21NO5S/c1-17(26)18-8-12-21(13-9-18)30-24(27)20-10-14-22(15-11-20)31(28,29)25-16-4-6-19-5-2-3-7-23(19)25/h2-3,5,7-15H,4,6,16H2,1H3. The molecule has 3 aromatic rings. The van der Waals surface area contributed by atoms with E-state index in [4.69, 9.17) is 4.74 Å². The quantitative estimate of drug-likeness (QED) is 0.340. The topological polar surface area (TPSA) is 80.8 Å². The van der Waals surface area contributed by atoms with E-state index in [0.717, 1.165) is 18.4 Å². The van der Waals surface area contributed by atoms with E-state index in [1.165, 1.54) is 35.5 Å². The van der Waals surface area contributed by atoms with E-state index >= 15 is 0 Å². The Bertz CT molecular complexity index is 1230. The van der Waals surface area contributed by atoms with Gasteiger partial charge in [0.2, 0.25) is 0 Å². The Morgan fingerprint density at radius 2 is 1.52 bits per heavy atom. The number of hydrogen-bond acceptors (Lipinski definition) is 5. The normalized spacial score (nSPS) is 13.4. The smallest absolute Gasteiger partial charge is 0.343 e. The average Bonchev–Trinajstić information content (AvgIpc) is 2.79. The van der Waals surface area contributed by atoms with E-state index in [1.807, 2.05) is 24.3 Å². The first kappa shape index (κ1) is 20.8. The molecular formula is C24H21NO5S. The molecule has 1 heterocycles. The molecule has 4 rings (SSSR count). The maximum Gasteiger partial charge on any atom is 0.343 e. The van der Waals surface area contributed by atoms with E-state index in [-0.39, 0.29) is 16.2 Å². The molecule has 0 saturated carbocycles. The lowest BCUT2D eigenvalue weighted by molar-refractivity contribution is 0.0734. The van der Waals surface area contributed by atoms with Crippen molar-refractivity contribution in [3.63, 3.8) is 0 Å². The second kappa shape index (κ2) is 8.35. The molecule has 0 N–H and O–H groups in total. The summed E-state index contributed by atoms with van der Waals surface area (Å²) in [6, 6.07) is 19.5. The molecule has 6 nitrogen and oxygen atoms in total. The summed E-state index contributed by atoms with van der Waals surface area (Å²) in [6.45, 7) is 1.87. The molecule has 31 heavy (non-hydrogen) atoms. The van der Waals surface area contributed by atoms with Crippen LogP contribution in [0.5, 0.6) is 5.75 Å². The summed E-state index contributed by atoms with van der Waals surface area (Å²) in [5.74, 6) is -0.384. The maximum atomic E-state index is 13.2. The highest BCUT2D eigenvalue weighted by Gasteiger charge is 2.29. The predicted octanol–water partition coefficient (Wildman–Crippen LogP) is 4.25. The number of ether oxygens (including phenoxy) is 1. The fraction of sp³-hybridized carbons (Fsp3) is 0.167. The minimum Gasteiger partial charge on any atom is -0.423 e. The van der Waals surface area contributed by atoms with Gasteiger partial charge in [-0.05, 0) is 79.9 Å². The first-order valence-electron chi connectivity index (χ1n) is 9.90. The Morgan fingerprint density at radius 1 is 0.871 bits per heavy atom. The molecule has 7 heteroatoms. The van der Waals surface area contributed by atoms with Gasteiger partial charge in [-0.25, -0.2) is 13.2 Å². The summed E-state index contributed by atoms with van der Waals surface area (Å²) in [5, 5.41) is 0. The third kappa shape index (κ3) is 4.22. The zero-order valence-electron chi connectivity index (χ0n) is 16.9. The van der Waals surface area contributed by atoms with Gasteiger partial charge in [0.1, 0.15) is 5.75 Å². The van der Waals surface area contributed by atoms with Gasteiger partial charge < -0.3 is 4.74 Å². The van der Waals surface area contributed by atoms with Gasteiger partial charge in [-0.2, -0.15) is 0 Å². The van der Waals surface area contributed by atoms with Crippen molar-refractivity contribution in [2.75, 3.05) is 10.8 Å². The second-order valence-corrected chi connectivity index (χ2v) is 9.17. The van der Waals surface area contributed by atoms with Crippen molar-refractivity contribution in [3.05, 3.63) is 89.5 Å². The van der Waals surface area contributed by atoms with Gasteiger partial charge in [-0.1, -0.05) is 18.2 Å². The highest BCUT2D eigenvalue weighted by atomic mass is 32.2. The van der Waals surface area contributed by atoms with Gasteiger partial charge in [0.25, 0.3) is 10.0 Å². The minimum atomic E-state index is -3.74. The van der Waals surface area contributed by atoms with Crippen LogP contribution >= 0.6 is 0 Å². The van der Waals surface area contributed by atoms with Crippen LogP contribution in [0.1, 0.15) is 39.6 Å². The number of nitrogens with zero attached hydrogens (tertiary/aromatic N) is 1. The summed E-state index contributed by atoms with van der Waals surface area (Å²) in [7, 11) is -3.74. The molecule has 0 aromatic heterocycles. The van der Waals surface area contributed by atoms with Gasteiger partial charge in [-0.3, -0.25) is 9.10 Å². The summed E-state index contributed by atoms with van der Waals surface area (Å²) in [5.41, 5.74) is 2.46. The molecule has 0 aliphatic carbocycles. The molecule has 0 atom stereocenters. The van der Waals surface area contributed by atoms with Crippen molar-refractivity contribution in [1.29, 1.82) is 0 Å². The van der Waals surface area contributed by atoms with Crippen molar-refractivity contribution in [3.8, 4) is 5.75 Å². The highest BCUT2D eigenvalue weighted by molar-refractivity contribution is 7.92. The maximum absolute atomic E-state index is 13.2. The zero-order valence-corrected chi connectivity index (χ0v) is 17.8. The van der Waals surface area contributed by atoms with Crippen molar-refractivity contribution in [1.82, 2.24) is 0 Å². The fourth-order valence-electron chi connectivity index (χ4n) is 3.56. The SMILES string of the molecule is CC(=O)c1ccc(OC(=O)c2ccc(S(=O)(=O)N3CCCc4ccccc43)cc2)cc1. The van der Waals surface area contributed by atoms with Crippen LogP contribution in [-0.4, -0.2) is 26.7 Å². The van der Waals surface area contributed by atoms with Crippen molar-refractivity contribution < 1.29 is 22.7 Å². The van der Waals surface area contributed by atoms with Crippen molar-refractivity contribution in [2.45, 2.75) is 24.7 Å². The van der Waals surface area contributed by atoms with E-state index in [9.17, 15) is 18.0 Å². The number of Topliss-reactive ketones (excluding diaryl/α,β-unsaturated/α-hetero) is 1. The largest absolute Gasteiger partial charge is 0.423 e. The Kier molecular flexibility index (Phi) is 5.61. The fourth-order valence-corrected chi connectivity index (χ4v) is 5.10. The van der Waals surface area contributed by atoms with E-state index in [0.29, 0.717) is 23.5 Å². The van der Waals surface area contributed by atoms with Crippen LogP contribution in [0.3, 0.4) is 0 Å². The van der Waals surface area contributed by atoms with Crippen LogP contribution < -0.4 is 9.04 Å². The van der Waals surface area contributed by atoms with Crippen LogP contribution in [0.2, 0.25) is 0 Å². The molecule has 0 bridgehead atoms. The zero-order chi connectivity index (χ0) is 22.0. The number of rotatable bonds is 5. The summed E-state index contributed by atoms with van der Waals surface area (Å²) >= 11 is 0. The monoisotopic (exact) mass is 435 g/mol. The Labute approximate surface area is 181 Å². The van der Waals surface area contributed by atoms with Gasteiger partial charge >= 0.3 is 5.97 Å². The third-order valence-electron chi connectivity index (χ3n) is 5.22. The van der Waals surface area contributed by atoms with Crippen LogP contribution in [-0.2, 0) is 16.4 Å². The molecule has 0 amide bonds. The number of aryl methyl sites for hydroxylation is 1. The summed E-state index contributed by atoms with van der Waals surface area (Å²) in [4.78, 5) is 23.9. The van der Waals surface area contributed by atoms with Crippen LogP contribution in [0.25, 0.3) is 0 Å². The molecule has 0 saturated heterocycles. The van der Waals surface area contributed by atoms with E-state index in [2.05, 4.69) is 0 Å². The molecular weight excluding hydrogens is 414 g/mol. The lowest BCUT2D eigenvalue weighted by Gasteiger charge is -2.30. The number of hydrogen-bond donors (Lipinski definition) is 0. The van der Waals surface area contributed by atoms with Gasteiger partial charge in [0.05, 0.1) is 16.1 Å². The average molecular weight is 436 g/mol. The van der Waals surface area contributed by atoms with Crippen LogP contribution in [0.15, 0.2) is 77.7 Å². The number of anilines is 1. The lowest BCUT2D eigenvalue weighted by atomic mass is 10.0. The summed E-state index contributed by atoms with van der Waals surface area (Å²) < 4.78 is 33.1. The predicted molar refractivity (Wildman–Crippen MR) is 117 cm³/mol. The van der Waals surface area contributed by atoms with Gasteiger partial charge in [0, 0.05) is 12.1 Å². The molecule has 0 spiro atoms.